The average molecular weight is 215 g/mol. The summed E-state index contributed by atoms with van der Waals surface area (Å²) in [4.78, 5) is 2.27. The van der Waals surface area contributed by atoms with Crippen LogP contribution in [0.5, 0.6) is 0 Å². The molecular formula is C12H19F2N. The molecule has 2 fully saturated rings. The first-order valence-electron chi connectivity index (χ1n) is 5.69. The van der Waals surface area contributed by atoms with Crippen LogP contribution >= 0.6 is 0 Å². The molecule has 1 nitrogen and oxygen atoms in total. The molecule has 0 spiro atoms. The van der Waals surface area contributed by atoms with E-state index >= 15 is 0 Å². The van der Waals surface area contributed by atoms with E-state index in [1.54, 1.807) is 0 Å². The fourth-order valence-corrected chi connectivity index (χ4v) is 3.53. The lowest BCUT2D eigenvalue weighted by Crippen LogP contribution is -2.50. The van der Waals surface area contributed by atoms with Crippen molar-refractivity contribution < 1.29 is 8.78 Å². The van der Waals surface area contributed by atoms with Gasteiger partial charge in [-0.15, -0.1) is 0 Å². The third-order valence-corrected chi connectivity index (χ3v) is 4.11. The summed E-state index contributed by atoms with van der Waals surface area (Å²) in [5.41, 5.74) is -0.0441. The Morgan fingerprint density at radius 2 is 1.93 bits per heavy atom. The Balaban J connectivity index is 2.51. The van der Waals surface area contributed by atoms with Crippen LogP contribution < -0.4 is 0 Å². The smallest absolute Gasteiger partial charge is 0.271 e. The molecule has 2 saturated heterocycles. The quantitative estimate of drug-likeness (QED) is 0.598. The monoisotopic (exact) mass is 215 g/mol. The van der Waals surface area contributed by atoms with Gasteiger partial charge >= 0.3 is 0 Å². The fraction of sp³-hybridized carbons (Fsp3) is 0.833. The third kappa shape index (κ3) is 1.36. The summed E-state index contributed by atoms with van der Waals surface area (Å²) in [7, 11) is 0. The zero-order valence-corrected chi connectivity index (χ0v) is 9.74. The Kier molecular flexibility index (Phi) is 2.41. The van der Waals surface area contributed by atoms with E-state index in [1.807, 2.05) is 0 Å². The van der Waals surface area contributed by atoms with Gasteiger partial charge < -0.3 is 0 Å². The van der Waals surface area contributed by atoms with E-state index in [0.717, 1.165) is 25.9 Å². The number of fused-ring (bicyclic) bond motifs is 1. The van der Waals surface area contributed by atoms with Crippen LogP contribution in [-0.2, 0) is 0 Å². The Morgan fingerprint density at radius 1 is 1.27 bits per heavy atom. The summed E-state index contributed by atoms with van der Waals surface area (Å²) in [6.07, 6.45) is 1.06. The van der Waals surface area contributed by atoms with E-state index in [0.29, 0.717) is 12.0 Å². The highest BCUT2D eigenvalue weighted by molar-refractivity contribution is 5.31. The predicted octanol–water partition coefficient (Wildman–Crippen LogP) is 3.42. The van der Waals surface area contributed by atoms with Crippen molar-refractivity contribution in [1.29, 1.82) is 0 Å². The standard InChI is InChI=1S/C12H19F2N/c1-11(2,3)12-6-4-7-15(12)8-5-9(12)10(13)14/h4-8H2,1-3H3. The number of halogens is 2. The molecule has 0 N–H and O–H groups in total. The summed E-state index contributed by atoms with van der Waals surface area (Å²) in [5, 5.41) is 0. The molecule has 1 atom stereocenters. The molecule has 0 bridgehead atoms. The molecule has 3 heteroatoms. The molecular weight excluding hydrogens is 196 g/mol. The lowest BCUT2D eigenvalue weighted by Gasteiger charge is -2.44. The number of hydrogen-bond acceptors (Lipinski definition) is 1. The Bertz CT molecular complexity index is 299. The summed E-state index contributed by atoms with van der Waals surface area (Å²) < 4.78 is 26.0. The van der Waals surface area contributed by atoms with Crippen molar-refractivity contribution in [2.24, 2.45) is 5.41 Å². The molecule has 0 aromatic carbocycles. The average Bonchev–Trinajstić information content (AvgIpc) is 2.55. The van der Waals surface area contributed by atoms with Gasteiger partial charge in [-0.2, -0.15) is 8.78 Å². The molecule has 0 amide bonds. The molecule has 2 heterocycles. The van der Waals surface area contributed by atoms with Crippen molar-refractivity contribution in [3.63, 3.8) is 0 Å². The van der Waals surface area contributed by atoms with Gasteiger partial charge in [0.1, 0.15) is 0 Å². The van der Waals surface area contributed by atoms with Gasteiger partial charge in [0.2, 0.25) is 0 Å². The second kappa shape index (κ2) is 3.27. The van der Waals surface area contributed by atoms with Crippen LogP contribution in [0.4, 0.5) is 8.78 Å². The fourth-order valence-electron chi connectivity index (χ4n) is 3.53. The molecule has 0 radical (unpaired) electrons. The van der Waals surface area contributed by atoms with E-state index < -0.39 is 6.08 Å². The van der Waals surface area contributed by atoms with Crippen LogP contribution in [0.2, 0.25) is 0 Å². The van der Waals surface area contributed by atoms with Crippen LogP contribution in [-0.4, -0.2) is 23.5 Å². The van der Waals surface area contributed by atoms with Crippen LogP contribution in [0.3, 0.4) is 0 Å². The maximum absolute atomic E-state index is 13.0. The lowest BCUT2D eigenvalue weighted by atomic mass is 9.69. The first kappa shape index (κ1) is 11.1. The highest BCUT2D eigenvalue weighted by Gasteiger charge is 2.56. The Labute approximate surface area is 90.1 Å². The minimum absolute atomic E-state index is 0.0984. The van der Waals surface area contributed by atoms with Crippen molar-refractivity contribution in [2.75, 3.05) is 13.1 Å². The van der Waals surface area contributed by atoms with Gasteiger partial charge in [-0.3, -0.25) is 4.90 Å². The van der Waals surface area contributed by atoms with Crippen LogP contribution in [0.15, 0.2) is 11.7 Å². The van der Waals surface area contributed by atoms with Gasteiger partial charge in [0.05, 0.1) is 5.54 Å². The van der Waals surface area contributed by atoms with E-state index in [-0.39, 0.29) is 11.0 Å². The van der Waals surface area contributed by atoms with Crippen molar-refractivity contribution in [3.05, 3.63) is 11.7 Å². The van der Waals surface area contributed by atoms with E-state index in [1.165, 1.54) is 0 Å². The summed E-state index contributed by atoms with van der Waals surface area (Å²) in [5.74, 6) is 0. The Hall–Kier alpha value is -0.440. The minimum Gasteiger partial charge on any atom is -0.293 e. The maximum atomic E-state index is 13.0. The van der Waals surface area contributed by atoms with Crippen LogP contribution in [0.25, 0.3) is 0 Å². The zero-order valence-electron chi connectivity index (χ0n) is 9.74. The topological polar surface area (TPSA) is 3.24 Å². The van der Waals surface area contributed by atoms with Gasteiger partial charge in [-0.25, -0.2) is 0 Å². The predicted molar refractivity (Wildman–Crippen MR) is 56.9 cm³/mol. The molecule has 2 aliphatic heterocycles. The Morgan fingerprint density at radius 3 is 2.47 bits per heavy atom. The van der Waals surface area contributed by atoms with Crippen molar-refractivity contribution in [3.8, 4) is 0 Å². The lowest BCUT2D eigenvalue weighted by molar-refractivity contribution is 0.0883. The molecule has 0 aromatic rings. The molecule has 0 aromatic heterocycles. The SMILES string of the molecule is CC(C)(C)C12CCCN1CCC2=C(F)F. The van der Waals surface area contributed by atoms with Crippen molar-refractivity contribution >= 4 is 0 Å². The van der Waals surface area contributed by atoms with Crippen molar-refractivity contribution in [1.82, 2.24) is 4.90 Å². The summed E-state index contributed by atoms with van der Waals surface area (Å²) in [6, 6.07) is 0. The first-order valence-corrected chi connectivity index (χ1v) is 5.69. The molecule has 2 aliphatic rings. The minimum atomic E-state index is -1.44. The van der Waals surface area contributed by atoms with Gasteiger partial charge in [0, 0.05) is 12.1 Å². The van der Waals surface area contributed by atoms with Crippen LogP contribution in [0, 0.1) is 5.41 Å². The number of nitrogens with zero attached hydrogens (tertiary/aromatic N) is 1. The zero-order chi connectivity index (χ0) is 11.3. The van der Waals surface area contributed by atoms with E-state index in [4.69, 9.17) is 0 Å². The number of rotatable bonds is 0. The van der Waals surface area contributed by atoms with Gasteiger partial charge in [-0.05, 0) is 31.2 Å². The molecule has 1 unspecified atom stereocenters. The first-order chi connectivity index (χ1) is 6.89. The highest BCUT2D eigenvalue weighted by atomic mass is 19.3. The van der Waals surface area contributed by atoms with E-state index in [2.05, 4.69) is 25.7 Å². The molecule has 0 aliphatic carbocycles. The molecule has 0 saturated carbocycles. The molecule has 15 heavy (non-hydrogen) atoms. The largest absolute Gasteiger partial charge is 0.293 e. The van der Waals surface area contributed by atoms with Gasteiger partial charge in [0.15, 0.2) is 0 Å². The second-order valence-electron chi connectivity index (χ2n) is 5.69. The van der Waals surface area contributed by atoms with Crippen molar-refractivity contribution in [2.45, 2.75) is 45.6 Å². The third-order valence-electron chi connectivity index (χ3n) is 4.11. The maximum Gasteiger partial charge on any atom is 0.271 e. The second-order valence-corrected chi connectivity index (χ2v) is 5.69. The summed E-state index contributed by atoms with van der Waals surface area (Å²) >= 11 is 0. The summed E-state index contributed by atoms with van der Waals surface area (Å²) in [6.45, 7) is 8.04. The highest BCUT2D eigenvalue weighted by Crippen LogP contribution is 2.54. The molecule has 86 valence electrons. The molecule has 2 rings (SSSR count). The van der Waals surface area contributed by atoms with Gasteiger partial charge in [0.25, 0.3) is 6.08 Å². The van der Waals surface area contributed by atoms with Crippen LogP contribution in [0.1, 0.15) is 40.0 Å². The number of hydrogen-bond donors (Lipinski definition) is 0. The normalized spacial score (nSPS) is 32.2. The van der Waals surface area contributed by atoms with E-state index in [9.17, 15) is 8.78 Å². The van der Waals surface area contributed by atoms with Gasteiger partial charge in [-0.1, -0.05) is 20.8 Å².